The van der Waals surface area contributed by atoms with Gasteiger partial charge in [0.1, 0.15) is 5.82 Å². The standard InChI is InChI=1S/C15H21BrFN/c1-3-18-14-8-7-11(10(14)2)9-12-5-4-6-13(17)15(12)16/h4-6,10-11,14,18H,3,7-9H2,1-2H3. The second kappa shape index (κ2) is 6.16. The van der Waals surface area contributed by atoms with Crippen LogP contribution in [0.25, 0.3) is 0 Å². The molecule has 1 aromatic carbocycles. The van der Waals surface area contributed by atoms with Crippen molar-refractivity contribution < 1.29 is 4.39 Å². The van der Waals surface area contributed by atoms with E-state index in [1.54, 1.807) is 6.07 Å². The highest BCUT2D eigenvalue weighted by Crippen LogP contribution is 2.36. The molecule has 100 valence electrons. The maximum Gasteiger partial charge on any atom is 0.137 e. The van der Waals surface area contributed by atoms with E-state index in [1.807, 2.05) is 6.07 Å². The van der Waals surface area contributed by atoms with E-state index in [1.165, 1.54) is 18.9 Å². The fourth-order valence-electron chi connectivity index (χ4n) is 3.07. The number of hydrogen-bond donors (Lipinski definition) is 1. The topological polar surface area (TPSA) is 12.0 Å². The minimum absolute atomic E-state index is 0.151. The Hall–Kier alpha value is -0.410. The molecule has 1 fully saturated rings. The number of rotatable bonds is 4. The summed E-state index contributed by atoms with van der Waals surface area (Å²) in [4.78, 5) is 0. The average molecular weight is 314 g/mol. The Bertz CT molecular complexity index is 407. The lowest BCUT2D eigenvalue weighted by Crippen LogP contribution is -2.32. The SMILES string of the molecule is CCNC1CCC(Cc2cccc(F)c2Br)C1C. The summed E-state index contributed by atoms with van der Waals surface area (Å²) in [6.45, 7) is 5.51. The van der Waals surface area contributed by atoms with Crippen LogP contribution in [0.3, 0.4) is 0 Å². The first-order valence-electron chi connectivity index (χ1n) is 6.79. The minimum Gasteiger partial charge on any atom is -0.314 e. The molecule has 0 saturated heterocycles. The lowest BCUT2D eigenvalue weighted by molar-refractivity contribution is 0.354. The molecule has 3 heteroatoms. The van der Waals surface area contributed by atoms with Crippen molar-refractivity contribution in [3.8, 4) is 0 Å². The van der Waals surface area contributed by atoms with Crippen LogP contribution in [0.5, 0.6) is 0 Å². The highest BCUT2D eigenvalue weighted by molar-refractivity contribution is 9.10. The van der Waals surface area contributed by atoms with E-state index < -0.39 is 0 Å². The van der Waals surface area contributed by atoms with Crippen molar-refractivity contribution in [1.29, 1.82) is 0 Å². The van der Waals surface area contributed by atoms with Gasteiger partial charge in [0.25, 0.3) is 0 Å². The lowest BCUT2D eigenvalue weighted by atomic mass is 9.89. The largest absolute Gasteiger partial charge is 0.314 e. The monoisotopic (exact) mass is 313 g/mol. The number of hydrogen-bond acceptors (Lipinski definition) is 1. The van der Waals surface area contributed by atoms with Gasteiger partial charge < -0.3 is 5.32 Å². The summed E-state index contributed by atoms with van der Waals surface area (Å²) in [6.07, 6.45) is 3.45. The van der Waals surface area contributed by atoms with Crippen LogP contribution in [0.4, 0.5) is 4.39 Å². The van der Waals surface area contributed by atoms with Crippen molar-refractivity contribution in [2.45, 2.75) is 39.2 Å². The molecular formula is C15H21BrFN. The van der Waals surface area contributed by atoms with Crippen LogP contribution in [0, 0.1) is 17.7 Å². The van der Waals surface area contributed by atoms with Gasteiger partial charge >= 0.3 is 0 Å². The van der Waals surface area contributed by atoms with Crippen LogP contribution < -0.4 is 5.32 Å². The second-order valence-corrected chi connectivity index (χ2v) is 6.07. The molecule has 2 rings (SSSR count). The normalized spacial score (nSPS) is 27.7. The Kier molecular flexibility index (Phi) is 4.79. The zero-order valence-electron chi connectivity index (χ0n) is 11.0. The first-order valence-corrected chi connectivity index (χ1v) is 7.59. The van der Waals surface area contributed by atoms with E-state index in [4.69, 9.17) is 0 Å². The molecule has 0 radical (unpaired) electrons. The molecule has 1 aliphatic rings. The fraction of sp³-hybridized carbons (Fsp3) is 0.600. The smallest absolute Gasteiger partial charge is 0.137 e. The van der Waals surface area contributed by atoms with E-state index in [0.717, 1.165) is 18.5 Å². The van der Waals surface area contributed by atoms with Crippen LogP contribution in [0.15, 0.2) is 22.7 Å². The van der Waals surface area contributed by atoms with Gasteiger partial charge in [-0.1, -0.05) is 26.0 Å². The quantitative estimate of drug-likeness (QED) is 0.880. The second-order valence-electron chi connectivity index (χ2n) is 5.28. The van der Waals surface area contributed by atoms with Gasteiger partial charge in [-0.25, -0.2) is 4.39 Å². The third-order valence-corrected chi connectivity index (χ3v) is 5.09. The summed E-state index contributed by atoms with van der Waals surface area (Å²) in [5.74, 6) is 1.17. The van der Waals surface area contributed by atoms with E-state index in [9.17, 15) is 4.39 Å². The summed E-state index contributed by atoms with van der Waals surface area (Å²) < 4.78 is 14.1. The van der Waals surface area contributed by atoms with Gasteiger partial charge in [-0.05, 0) is 65.2 Å². The molecule has 0 spiro atoms. The maximum atomic E-state index is 13.5. The van der Waals surface area contributed by atoms with Gasteiger partial charge in [0.05, 0.1) is 4.47 Å². The molecule has 1 aromatic rings. The summed E-state index contributed by atoms with van der Waals surface area (Å²) in [5.41, 5.74) is 1.10. The molecule has 0 aromatic heterocycles. The van der Waals surface area contributed by atoms with Crippen molar-refractivity contribution in [3.05, 3.63) is 34.1 Å². The van der Waals surface area contributed by atoms with Crippen molar-refractivity contribution >= 4 is 15.9 Å². The van der Waals surface area contributed by atoms with Crippen molar-refractivity contribution in [2.75, 3.05) is 6.54 Å². The maximum absolute atomic E-state index is 13.5. The molecule has 1 saturated carbocycles. The Morgan fingerprint density at radius 2 is 2.17 bits per heavy atom. The molecule has 1 nitrogen and oxygen atoms in total. The molecule has 1 N–H and O–H groups in total. The van der Waals surface area contributed by atoms with E-state index >= 15 is 0 Å². The van der Waals surface area contributed by atoms with Gasteiger partial charge in [0, 0.05) is 6.04 Å². The zero-order valence-corrected chi connectivity index (χ0v) is 12.6. The number of nitrogens with one attached hydrogen (secondary N) is 1. The molecule has 0 heterocycles. The Morgan fingerprint density at radius 1 is 1.39 bits per heavy atom. The fourth-order valence-corrected chi connectivity index (χ4v) is 3.50. The molecule has 0 bridgehead atoms. The van der Waals surface area contributed by atoms with E-state index in [2.05, 4.69) is 35.1 Å². The predicted molar refractivity (Wildman–Crippen MR) is 77.2 cm³/mol. The van der Waals surface area contributed by atoms with E-state index in [-0.39, 0.29) is 5.82 Å². The van der Waals surface area contributed by atoms with Gasteiger partial charge in [-0.15, -0.1) is 0 Å². The third kappa shape index (κ3) is 2.94. The molecule has 0 aliphatic heterocycles. The highest BCUT2D eigenvalue weighted by Gasteiger charge is 2.32. The van der Waals surface area contributed by atoms with Crippen LogP contribution in [0.1, 0.15) is 32.3 Å². The summed E-state index contributed by atoms with van der Waals surface area (Å²) in [7, 11) is 0. The molecule has 18 heavy (non-hydrogen) atoms. The van der Waals surface area contributed by atoms with Crippen LogP contribution in [0.2, 0.25) is 0 Å². The Balaban J connectivity index is 2.04. The molecule has 0 amide bonds. The van der Waals surface area contributed by atoms with Gasteiger partial charge in [-0.3, -0.25) is 0 Å². The minimum atomic E-state index is -0.151. The summed E-state index contributed by atoms with van der Waals surface area (Å²) in [6, 6.07) is 5.97. The number of halogens is 2. The first-order chi connectivity index (χ1) is 8.63. The first kappa shape index (κ1) is 14.0. The zero-order chi connectivity index (χ0) is 13.1. The third-order valence-electron chi connectivity index (χ3n) is 4.21. The van der Waals surface area contributed by atoms with Crippen molar-refractivity contribution in [2.24, 2.45) is 11.8 Å². The highest BCUT2D eigenvalue weighted by atomic mass is 79.9. The van der Waals surface area contributed by atoms with Gasteiger partial charge in [0.2, 0.25) is 0 Å². The average Bonchev–Trinajstić information content (AvgIpc) is 2.68. The Labute approximate surface area is 117 Å². The summed E-state index contributed by atoms with van der Waals surface area (Å²) in [5, 5.41) is 3.55. The number of benzene rings is 1. The molecule has 1 aliphatic carbocycles. The predicted octanol–water partition coefficient (Wildman–Crippen LogP) is 4.15. The summed E-state index contributed by atoms with van der Waals surface area (Å²) >= 11 is 3.36. The van der Waals surface area contributed by atoms with Crippen LogP contribution >= 0.6 is 15.9 Å². The van der Waals surface area contributed by atoms with Crippen molar-refractivity contribution in [3.63, 3.8) is 0 Å². The van der Waals surface area contributed by atoms with Crippen LogP contribution in [-0.2, 0) is 6.42 Å². The van der Waals surface area contributed by atoms with Gasteiger partial charge in [0.15, 0.2) is 0 Å². The Morgan fingerprint density at radius 3 is 2.89 bits per heavy atom. The van der Waals surface area contributed by atoms with E-state index in [0.29, 0.717) is 22.4 Å². The van der Waals surface area contributed by atoms with Crippen LogP contribution in [-0.4, -0.2) is 12.6 Å². The lowest BCUT2D eigenvalue weighted by Gasteiger charge is -2.21. The molecule has 3 atom stereocenters. The molecule has 3 unspecified atom stereocenters. The van der Waals surface area contributed by atoms with Gasteiger partial charge in [-0.2, -0.15) is 0 Å². The van der Waals surface area contributed by atoms with Crippen molar-refractivity contribution in [1.82, 2.24) is 5.32 Å². The molecular weight excluding hydrogens is 293 g/mol.